The van der Waals surface area contributed by atoms with E-state index in [-0.39, 0.29) is 5.60 Å². The number of carboxylic acid groups (broad SMARTS) is 1. The maximum absolute atomic E-state index is 11.4. The molecule has 0 radical (unpaired) electrons. The summed E-state index contributed by atoms with van der Waals surface area (Å²) in [6, 6.07) is 2.16. The van der Waals surface area contributed by atoms with Crippen LogP contribution in [0.5, 0.6) is 0 Å². The molecular weight excluding hydrogens is 486 g/mol. The predicted octanol–water partition coefficient (Wildman–Crippen LogP) is 3.75. The standard InChI is InChI=1S/C17H21Br2N3O3S/c1-16(15(23)24)2-4-22(5-3-16)13-7-17(25-20-13)9-21(10-17)8-11-6-12(18)14(19)26-11/h6H,2-5,7-10H2,1H3,(H,23,24). The summed E-state index contributed by atoms with van der Waals surface area (Å²) in [4.78, 5) is 23.1. The lowest BCUT2D eigenvalue weighted by molar-refractivity contribution is -0.150. The maximum Gasteiger partial charge on any atom is 0.309 e. The average Bonchev–Trinajstić information content (AvgIpc) is 3.12. The van der Waals surface area contributed by atoms with Crippen LogP contribution in [0.4, 0.5) is 0 Å². The fourth-order valence-electron chi connectivity index (χ4n) is 3.88. The van der Waals surface area contributed by atoms with Gasteiger partial charge in [0.15, 0.2) is 5.60 Å². The Balaban J connectivity index is 1.28. The van der Waals surface area contributed by atoms with Gasteiger partial charge in [-0.3, -0.25) is 9.69 Å². The molecule has 4 heterocycles. The summed E-state index contributed by atoms with van der Waals surface area (Å²) < 4.78 is 2.23. The van der Waals surface area contributed by atoms with Gasteiger partial charge >= 0.3 is 5.97 Å². The van der Waals surface area contributed by atoms with E-state index in [1.165, 1.54) is 4.88 Å². The summed E-state index contributed by atoms with van der Waals surface area (Å²) in [6.07, 6.45) is 2.14. The molecule has 26 heavy (non-hydrogen) atoms. The van der Waals surface area contributed by atoms with E-state index in [9.17, 15) is 9.90 Å². The van der Waals surface area contributed by atoms with Crippen LogP contribution >= 0.6 is 43.2 Å². The van der Waals surface area contributed by atoms with Crippen LogP contribution in [0, 0.1) is 5.41 Å². The Morgan fingerprint density at radius 3 is 2.65 bits per heavy atom. The van der Waals surface area contributed by atoms with Crippen molar-refractivity contribution in [2.24, 2.45) is 10.6 Å². The van der Waals surface area contributed by atoms with Gasteiger partial charge in [0.2, 0.25) is 0 Å². The molecule has 4 rings (SSSR count). The average molecular weight is 507 g/mol. The van der Waals surface area contributed by atoms with Gasteiger partial charge in [-0.2, -0.15) is 0 Å². The van der Waals surface area contributed by atoms with E-state index >= 15 is 0 Å². The Kier molecular flexibility index (Phi) is 4.86. The van der Waals surface area contributed by atoms with Crippen molar-refractivity contribution in [2.45, 2.75) is 38.3 Å². The molecule has 1 spiro atoms. The van der Waals surface area contributed by atoms with Crippen molar-refractivity contribution in [1.82, 2.24) is 9.80 Å². The first-order valence-corrected chi connectivity index (χ1v) is 11.1. The number of halogens is 2. The van der Waals surface area contributed by atoms with Crippen LogP contribution in [-0.2, 0) is 16.2 Å². The summed E-state index contributed by atoms with van der Waals surface area (Å²) in [6.45, 7) is 6.01. The van der Waals surface area contributed by atoms with Gasteiger partial charge < -0.3 is 14.8 Å². The maximum atomic E-state index is 11.4. The van der Waals surface area contributed by atoms with Crippen molar-refractivity contribution in [3.63, 3.8) is 0 Å². The molecule has 3 aliphatic heterocycles. The fraction of sp³-hybridized carbons (Fsp3) is 0.647. The zero-order valence-electron chi connectivity index (χ0n) is 14.5. The van der Waals surface area contributed by atoms with E-state index in [1.54, 1.807) is 11.3 Å². The second kappa shape index (κ2) is 6.76. The summed E-state index contributed by atoms with van der Waals surface area (Å²) >= 11 is 8.83. The number of hydrogen-bond donors (Lipinski definition) is 1. The third-order valence-corrected chi connectivity index (χ3v) is 8.91. The highest BCUT2D eigenvalue weighted by molar-refractivity contribution is 9.13. The first-order valence-electron chi connectivity index (χ1n) is 8.68. The topological polar surface area (TPSA) is 65.4 Å². The molecule has 0 amide bonds. The molecule has 0 unspecified atom stereocenters. The van der Waals surface area contributed by atoms with E-state index in [2.05, 4.69) is 52.9 Å². The third kappa shape index (κ3) is 3.43. The van der Waals surface area contributed by atoms with Gasteiger partial charge in [-0.1, -0.05) is 5.16 Å². The summed E-state index contributed by atoms with van der Waals surface area (Å²) in [5, 5.41) is 13.7. The van der Waals surface area contributed by atoms with E-state index in [0.717, 1.165) is 53.2 Å². The number of nitrogens with zero attached hydrogens (tertiary/aromatic N) is 3. The summed E-state index contributed by atoms with van der Waals surface area (Å²) in [5.41, 5.74) is -0.792. The molecule has 0 saturated carbocycles. The number of likely N-dealkylation sites (tertiary alicyclic amines) is 2. The molecule has 2 saturated heterocycles. The summed E-state index contributed by atoms with van der Waals surface area (Å²) in [7, 11) is 0. The van der Waals surface area contributed by atoms with Crippen molar-refractivity contribution in [3.8, 4) is 0 Å². The van der Waals surface area contributed by atoms with Gasteiger partial charge in [0, 0.05) is 42.1 Å². The van der Waals surface area contributed by atoms with Crippen LogP contribution in [-0.4, -0.2) is 58.5 Å². The molecule has 0 atom stereocenters. The number of carboxylic acids is 1. The van der Waals surface area contributed by atoms with Crippen molar-refractivity contribution >= 4 is 55.0 Å². The summed E-state index contributed by atoms with van der Waals surface area (Å²) in [5.74, 6) is 0.290. The molecule has 142 valence electrons. The molecule has 1 N–H and O–H groups in total. The highest BCUT2D eigenvalue weighted by atomic mass is 79.9. The SMILES string of the molecule is CC1(C(=O)O)CCN(C2=NOC3(C2)CN(Cc2cc(Br)c(Br)s2)C3)CC1. The van der Waals surface area contributed by atoms with Gasteiger partial charge in [0.05, 0.1) is 15.6 Å². The highest BCUT2D eigenvalue weighted by Gasteiger charge is 2.51. The molecule has 9 heteroatoms. The number of aliphatic carboxylic acids is 1. The fourth-order valence-corrected chi connectivity index (χ4v) is 6.10. The Bertz CT molecular complexity index is 733. The van der Waals surface area contributed by atoms with Gasteiger partial charge in [0.1, 0.15) is 5.84 Å². The largest absolute Gasteiger partial charge is 0.481 e. The quantitative estimate of drug-likeness (QED) is 0.676. The molecule has 2 fully saturated rings. The van der Waals surface area contributed by atoms with Crippen LogP contribution in [0.2, 0.25) is 0 Å². The minimum absolute atomic E-state index is 0.186. The Hall–Kier alpha value is -0.640. The van der Waals surface area contributed by atoms with Gasteiger partial charge in [0.25, 0.3) is 0 Å². The molecular formula is C17H21Br2N3O3S. The number of piperidine rings is 1. The molecule has 6 nitrogen and oxygen atoms in total. The molecule has 1 aromatic rings. The van der Waals surface area contributed by atoms with Crippen LogP contribution in [0.1, 0.15) is 31.1 Å². The molecule has 0 aromatic carbocycles. The Morgan fingerprint density at radius 2 is 2.08 bits per heavy atom. The number of rotatable bonds is 3. The number of amidine groups is 1. The lowest BCUT2D eigenvalue weighted by Crippen LogP contribution is -2.61. The van der Waals surface area contributed by atoms with Gasteiger partial charge in [-0.15, -0.1) is 11.3 Å². The van der Waals surface area contributed by atoms with Gasteiger partial charge in [-0.05, 0) is 57.7 Å². The first kappa shape index (κ1) is 18.7. The van der Waals surface area contributed by atoms with Crippen molar-refractivity contribution in [1.29, 1.82) is 0 Å². The normalized spacial score (nSPS) is 24.3. The molecule has 3 aliphatic rings. The minimum Gasteiger partial charge on any atom is -0.481 e. The number of oxime groups is 1. The third-order valence-electron chi connectivity index (χ3n) is 5.67. The minimum atomic E-state index is -0.695. The molecule has 0 aliphatic carbocycles. The second-order valence-electron chi connectivity index (χ2n) is 7.79. The zero-order valence-corrected chi connectivity index (χ0v) is 18.5. The van der Waals surface area contributed by atoms with Gasteiger partial charge in [-0.25, -0.2) is 0 Å². The number of thiophene rings is 1. The second-order valence-corrected chi connectivity index (χ2v) is 11.1. The predicted molar refractivity (Wildman–Crippen MR) is 107 cm³/mol. The number of hydrogen-bond acceptors (Lipinski definition) is 6. The Labute approximate surface area is 173 Å². The highest BCUT2D eigenvalue weighted by Crippen LogP contribution is 2.39. The van der Waals surface area contributed by atoms with Crippen LogP contribution in [0.15, 0.2) is 19.5 Å². The van der Waals surface area contributed by atoms with Crippen LogP contribution < -0.4 is 0 Å². The van der Waals surface area contributed by atoms with Crippen LogP contribution in [0.3, 0.4) is 0 Å². The first-order chi connectivity index (χ1) is 12.3. The Morgan fingerprint density at radius 1 is 1.38 bits per heavy atom. The van der Waals surface area contributed by atoms with Crippen LogP contribution in [0.25, 0.3) is 0 Å². The van der Waals surface area contributed by atoms with E-state index in [4.69, 9.17) is 4.84 Å². The lowest BCUT2D eigenvalue weighted by Gasteiger charge is -2.45. The van der Waals surface area contributed by atoms with Crippen molar-refractivity contribution in [2.75, 3.05) is 26.2 Å². The van der Waals surface area contributed by atoms with Crippen molar-refractivity contribution < 1.29 is 14.7 Å². The van der Waals surface area contributed by atoms with E-state index < -0.39 is 11.4 Å². The smallest absolute Gasteiger partial charge is 0.309 e. The number of carbonyl (C=O) groups is 1. The van der Waals surface area contributed by atoms with Crippen molar-refractivity contribution in [3.05, 3.63) is 19.2 Å². The van der Waals surface area contributed by atoms with E-state index in [1.807, 2.05) is 6.92 Å². The lowest BCUT2D eigenvalue weighted by atomic mass is 9.80. The monoisotopic (exact) mass is 505 g/mol. The van der Waals surface area contributed by atoms with E-state index in [0.29, 0.717) is 12.8 Å². The zero-order chi connectivity index (χ0) is 18.5. The molecule has 1 aromatic heterocycles. The molecule has 0 bridgehead atoms.